The number of nitrogens with zero attached hydrogens (tertiary/aromatic N) is 2. The lowest BCUT2D eigenvalue weighted by atomic mass is 9.89. The first-order valence-corrected chi connectivity index (χ1v) is 7.26. The van der Waals surface area contributed by atoms with E-state index in [1.54, 1.807) is 12.1 Å². The number of nitro groups is 1. The second kappa shape index (κ2) is 5.27. The number of benzene rings is 1. The Labute approximate surface area is 126 Å². The summed E-state index contributed by atoms with van der Waals surface area (Å²) in [5.41, 5.74) is 0.591. The monoisotopic (exact) mass is 310 g/mol. The summed E-state index contributed by atoms with van der Waals surface area (Å²) in [5, 5.41) is 20.7. The summed E-state index contributed by atoms with van der Waals surface area (Å²) < 4.78 is 0. The van der Waals surface area contributed by atoms with Gasteiger partial charge in [0.25, 0.3) is 5.69 Å². The Morgan fingerprint density at radius 2 is 2.24 bits per heavy atom. The van der Waals surface area contributed by atoms with Crippen LogP contribution in [-0.4, -0.2) is 33.0 Å². The molecule has 2 bridgehead atoms. The standard InChI is InChI=1S/C14H15ClN2O4/c15-9-2-1-8(13(5-9)17(20)21)7-16-10-3-4-12(16)11(6-10)14(18)19/h1-2,5,10-12H,3-4,6-7H2,(H,18,19). The van der Waals surface area contributed by atoms with E-state index in [0.29, 0.717) is 23.6 Å². The van der Waals surface area contributed by atoms with Crippen molar-refractivity contribution >= 4 is 23.3 Å². The van der Waals surface area contributed by atoms with Gasteiger partial charge in [0.15, 0.2) is 0 Å². The maximum Gasteiger partial charge on any atom is 0.308 e. The maximum absolute atomic E-state index is 11.3. The van der Waals surface area contributed by atoms with Crippen LogP contribution in [0.25, 0.3) is 0 Å². The molecule has 0 aromatic heterocycles. The molecule has 0 saturated carbocycles. The first kappa shape index (κ1) is 14.3. The molecule has 2 saturated heterocycles. The van der Waals surface area contributed by atoms with Crippen molar-refractivity contribution in [1.82, 2.24) is 4.90 Å². The number of hydrogen-bond donors (Lipinski definition) is 1. The fourth-order valence-electron chi connectivity index (χ4n) is 3.65. The average molecular weight is 311 g/mol. The highest BCUT2D eigenvalue weighted by Crippen LogP contribution is 2.43. The summed E-state index contributed by atoms with van der Waals surface area (Å²) in [6, 6.07) is 4.85. The molecular formula is C14H15ClN2O4. The van der Waals surface area contributed by atoms with Gasteiger partial charge in [-0.25, -0.2) is 0 Å². The summed E-state index contributed by atoms with van der Waals surface area (Å²) in [5.74, 6) is -1.12. The fraction of sp³-hybridized carbons (Fsp3) is 0.500. The molecule has 2 aliphatic rings. The van der Waals surface area contributed by atoms with Crippen LogP contribution in [0.3, 0.4) is 0 Å². The van der Waals surface area contributed by atoms with Gasteiger partial charge in [0.1, 0.15) is 0 Å². The molecule has 3 atom stereocenters. The molecule has 2 heterocycles. The van der Waals surface area contributed by atoms with Crippen LogP contribution < -0.4 is 0 Å². The molecule has 21 heavy (non-hydrogen) atoms. The molecule has 1 N–H and O–H groups in total. The molecule has 0 radical (unpaired) electrons. The molecule has 1 aromatic rings. The van der Waals surface area contributed by atoms with Crippen LogP contribution in [0.15, 0.2) is 18.2 Å². The van der Waals surface area contributed by atoms with E-state index >= 15 is 0 Å². The Balaban J connectivity index is 1.85. The van der Waals surface area contributed by atoms with Crippen molar-refractivity contribution in [2.45, 2.75) is 37.9 Å². The van der Waals surface area contributed by atoms with Gasteiger partial charge in [0.2, 0.25) is 0 Å². The van der Waals surface area contributed by atoms with Gasteiger partial charge >= 0.3 is 5.97 Å². The van der Waals surface area contributed by atoms with E-state index in [9.17, 15) is 20.0 Å². The molecule has 2 aliphatic heterocycles. The quantitative estimate of drug-likeness (QED) is 0.683. The predicted octanol–water partition coefficient (Wildman–Crippen LogP) is 2.69. The van der Waals surface area contributed by atoms with E-state index in [2.05, 4.69) is 4.90 Å². The van der Waals surface area contributed by atoms with Gasteiger partial charge in [-0.3, -0.25) is 19.8 Å². The Hall–Kier alpha value is -1.66. The molecule has 3 rings (SSSR count). The molecule has 0 aliphatic carbocycles. The molecule has 6 nitrogen and oxygen atoms in total. The summed E-state index contributed by atoms with van der Waals surface area (Å²) in [7, 11) is 0. The predicted molar refractivity (Wildman–Crippen MR) is 76.2 cm³/mol. The van der Waals surface area contributed by atoms with Crippen molar-refractivity contribution in [3.8, 4) is 0 Å². The van der Waals surface area contributed by atoms with Crippen LogP contribution in [0.1, 0.15) is 24.8 Å². The highest BCUT2D eigenvalue weighted by atomic mass is 35.5. The zero-order chi connectivity index (χ0) is 15.1. The van der Waals surface area contributed by atoms with Crippen LogP contribution in [0.5, 0.6) is 0 Å². The van der Waals surface area contributed by atoms with Gasteiger partial charge in [-0.15, -0.1) is 0 Å². The molecule has 112 valence electrons. The van der Waals surface area contributed by atoms with Gasteiger partial charge in [0, 0.05) is 35.3 Å². The van der Waals surface area contributed by atoms with Crippen LogP contribution in [0.4, 0.5) is 5.69 Å². The summed E-state index contributed by atoms with van der Waals surface area (Å²) in [4.78, 5) is 24.1. The van der Waals surface area contributed by atoms with Crippen molar-refractivity contribution in [3.05, 3.63) is 38.9 Å². The minimum Gasteiger partial charge on any atom is -0.481 e. The Kier molecular flexibility index (Phi) is 3.59. The largest absolute Gasteiger partial charge is 0.481 e. The van der Waals surface area contributed by atoms with Gasteiger partial charge in [0.05, 0.1) is 10.8 Å². The molecule has 7 heteroatoms. The number of carboxylic acid groups (broad SMARTS) is 1. The van der Waals surface area contributed by atoms with Crippen molar-refractivity contribution < 1.29 is 14.8 Å². The van der Waals surface area contributed by atoms with Crippen molar-refractivity contribution in [2.24, 2.45) is 5.92 Å². The second-order valence-electron chi connectivity index (χ2n) is 5.68. The van der Waals surface area contributed by atoms with Crippen LogP contribution in [0, 0.1) is 16.0 Å². The summed E-state index contributed by atoms with van der Waals surface area (Å²) >= 11 is 5.82. The van der Waals surface area contributed by atoms with Crippen molar-refractivity contribution in [3.63, 3.8) is 0 Å². The lowest BCUT2D eigenvalue weighted by Crippen LogP contribution is -2.32. The number of carbonyl (C=O) groups is 1. The van der Waals surface area contributed by atoms with Crippen LogP contribution in [0.2, 0.25) is 5.02 Å². The smallest absolute Gasteiger partial charge is 0.308 e. The Bertz CT molecular complexity index is 607. The zero-order valence-corrected chi connectivity index (χ0v) is 12.0. The topological polar surface area (TPSA) is 83.7 Å². The number of rotatable bonds is 4. The first-order valence-electron chi connectivity index (χ1n) is 6.88. The highest BCUT2D eigenvalue weighted by molar-refractivity contribution is 6.30. The van der Waals surface area contributed by atoms with Crippen LogP contribution in [-0.2, 0) is 11.3 Å². The molecule has 0 spiro atoms. The maximum atomic E-state index is 11.3. The van der Waals surface area contributed by atoms with Gasteiger partial charge < -0.3 is 5.11 Å². The first-order chi connectivity index (χ1) is 9.97. The average Bonchev–Trinajstić information content (AvgIpc) is 2.97. The second-order valence-corrected chi connectivity index (χ2v) is 6.12. The van der Waals surface area contributed by atoms with E-state index in [0.717, 1.165) is 12.8 Å². The normalized spacial score (nSPS) is 28.0. The zero-order valence-electron chi connectivity index (χ0n) is 11.2. The molecule has 3 unspecified atom stereocenters. The Morgan fingerprint density at radius 1 is 1.48 bits per heavy atom. The number of carboxylic acids is 1. The third kappa shape index (κ3) is 2.49. The number of aliphatic carboxylic acids is 1. The fourth-order valence-corrected chi connectivity index (χ4v) is 3.82. The summed E-state index contributed by atoms with van der Waals surface area (Å²) in [6.45, 7) is 0.409. The number of hydrogen-bond acceptors (Lipinski definition) is 4. The van der Waals surface area contributed by atoms with E-state index in [4.69, 9.17) is 11.6 Å². The number of fused-ring (bicyclic) bond motifs is 2. The molecular weight excluding hydrogens is 296 g/mol. The molecule has 2 fully saturated rings. The van der Waals surface area contributed by atoms with E-state index < -0.39 is 10.9 Å². The summed E-state index contributed by atoms with van der Waals surface area (Å²) in [6.07, 6.45) is 2.46. The van der Waals surface area contributed by atoms with Crippen molar-refractivity contribution in [2.75, 3.05) is 0 Å². The van der Waals surface area contributed by atoms with E-state index in [1.807, 2.05) is 0 Å². The van der Waals surface area contributed by atoms with E-state index in [-0.39, 0.29) is 23.7 Å². The lowest BCUT2D eigenvalue weighted by Gasteiger charge is -2.22. The SMILES string of the molecule is O=C(O)C1CC2CCC1N2Cc1ccc(Cl)cc1[N+](=O)[O-]. The van der Waals surface area contributed by atoms with Crippen molar-refractivity contribution in [1.29, 1.82) is 0 Å². The molecule has 1 aromatic carbocycles. The van der Waals surface area contributed by atoms with Gasteiger partial charge in [-0.1, -0.05) is 11.6 Å². The van der Waals surface area contributed by atoms with Gasteiger partial charge in [-0.05, 0) is 31.4 Å². The third-order valence-corrected chi connectivity index (χ3v) is 4.83. The molecule has 0 amide bonds. The number of halogens is 1. The number of nitro benzene ring substituents is 1. The highest BCUT2D eigenvalue weighted by Gasteiger charge is 2.49. The third-order valence-electron chi connectivity index (χ3n) is 4.60. The van der Waals surface area contributed by atoms with Crippen LogP contribution >= 0.6 is 11.6 Å². The van der Waals surface area contributed by atoms with E-state index in [1.165, 1.54) is 6.07 Å². The van der Waals surface area contributed by atoms with Gasteiger partial charge in [-0.2, -0.15) is 0 Å². The Morgan fingerprint density at radius 3 is 2.86 bits per heavy atom. The minimum atomic E-state index is -0.766. The lowest BCUT2D eigenvalue weighted by molar-refractivity contribution is -0.385. The minimum absolute atomic E-state index is 0.000625.